The highest BCUT2D eigenvalue weighted by molar-refractivity contribution is 5.86. The molecule has 114 valence electrons. The summed E-state index contributed by atoms with van der Waals surface area (Å²) < 4.78 is 0. The van der Waals surface area contributed by atoms with E-state index in [0.29, 0.717) is 18.1 Å². The third-order valence-electron chi connectivity index (χ3n) is 6.16. The standard InChI is InChI=1S/C19H26O2/c1-12(20)13-5-7-15-14(11-13)6-8-16-18(2,3)17(21)9-10-19(15,16)4/h5,7,11-12,16,20H,6,8-10H2,1-4H3/t12-,16+,19-/m1/s1. The average molecular weight is 286 g/mol. The minimum absolute atomic E-state index is 0.0994. The molecular weight excluding hydrogens is 260 g/mol. The Morgan fingerprint density at radius 3 is 2.62 bits per heavy atom. The van der Waals surface area contributed by atoms with Crippen molar-refractivity contribution in [2.24, 2.45) is 11.3 Å². The molecule has 2 aliphatic rings. The quantitative estimate of drug-likeness (QED) is 0.848. The molecule has 2 heteroatoms. The van der Waals surface area contributed by atoms with Crippen LogP contribution >= 0.6 is 0 Å². The molecule has 0 bridgehead atoms. The van der Waals surface area contributed by atoms with Crippen LogP contribution in [0.5, 0.6) is 0 Å². The first-order valence-electron chi connectivity index (χ1n) is 8.11. The van der Waals surface area contributed by atoms with Crippen LogP contribution in [0.1, 0.15) is 69.8 Å². The summed E-state index contributed by atoms with van der Waals surface area (Å²) in [6.45, 7) is 8.42. The van der Waals surface area contributed by atoms with Crippen molar-refractivity contribution < 1.29 is 9.90 Å². The van der Waals surface area contributed by atoms with E-state index in [2.05, 4.69) is 39.0 Å². The molecule has 1 fully saturated rings. The Balaban J connectivity index is 2.08. The third kappa shape index (κ3) is 2.07. The van der Waals surface area contributed by atoms with Crippen molar-refractivity contribution in [2.45, 2.75) is 64.9 Å². The zero-order valence-corrected chi connectivity index (χ0v) is 13.6. The molecule has 1 saturated carbocycles. The SMILES string of the molecule is C[C@@H](O)c1ccc2c(c1)CC[C@H]1C(C)(C)C(=O)CC[C@]21C. The number of fused-ring (bicyclic) bond motifs is 3. The van der Waals surface area contributed by atoms with Crippen molar-refractivity contribution in [2.75, 3.05) is 0 Å². The number of rotatable bonds is 1. The first-order valence-corrected chi connectivity index (χ1v) is 8.11. The van der Waals surface area contributed by atoms with E-state index in [1.54, 1.807) is 0 Å². The number of carbonyl (C=O) groups is 1. The number of aryl methyl sites for hydroxylation is 1. The molecule has 2 aliphatic carbocycles. The van der Waals surface area contributed by atoms with Crippen LogP contribution in [0.3, 0.4) is 0 Å². The molecule has 0 heterocycles. The second kappa shape index (κ2) is 4.67. The fourth-order valence-electron chi connectivity index (χ4n) is 4.80. The number of benzene rings is 1. The van der Waals surface area contributed by atoms with Gasteiger partial charge in [-0.1, -0.05) is 39.0 Å². The Morgan fingerprint density at radius 2 is 1.95 bits per heavy atom. The monoisotopic (exact) mass is 286 g/mol. The Morgan fingerprint density at radius 1 is 1.24 bits per heavy atom. The van der Waals surface area contributed by atoms with Gasteiger partial charge in [0.1, 0.15) is 5.78 Å². The summed E-state index contributed by atoms with van der Waals surface area (Å²) in [6, 6.07) is 6.43. The van der Waals surface area contributed by atoms with Gasteiger partial charge in [0.25, 0.3) is 0 Å². The third-order valence-corrected chi connectivity index (χ3v) is 6.16. The molecule has 0 spiro atoms. The maximum absolute atomic E-state index is 12.3. The molecular formula is C19H26O2. The summed E-state index contributed by atoms with van der Waals surface area (Å²) in [5.41, 5.74) is 3.67. The van der Waals surface area contributed by atoms with E-state index in [0.717, 1.165) is 24.8 Å². The molecule has 1 aromatic carbocycles. The maximum Gasteiger partial charge on any atom is 0.138 e. The highest BCUT2D eigenvalue weighted by Gasteiger charge is 2.53. The van der Waals surface area contributed by atoms with Gasteiger partial charge in [0, 0.05) is 11.8 Å². The normalized spacial score (nSPS) is 32.2. The van der Waals surface area contributed by atoms with E-state index in [1.807, 2.05) is 6.92 Å². The van der Waals surface area contributed by atoms with Gasteiger partial charge >= 0.3 is 0 Å². The lowest BCUT2D eigenvalue weighted by Gasteiger charge is -2.53. The van der Waals surface area contributed by atoms with Gasteiger partial charge in [-0.2, -0.15) is 0 Å². The van der Waals surface area contributed by atoms with Crippen molar-refractivity contribution in [3.05, 3.63) is 34.9 Å². The number of carbonyl (C=O) groups excluding carboxylic acids is 1. The van der Waals surface area contributed by atoms with Gasteiger partial charge in [-0.25, -0.2) is 0 Å². The fraction of sp³-hybridized carbons (Fsp3) is 0.632. The minimum Gasteiger partial charge on any atom is -0.389 e. The van der Waals surface area contributed by atoms with Gasteiger partial charge in [-0.3, -0.25) is 4.79 Å². The smallest absolute Gasteiger partial charge is 0.138 e. The molecule has 3 rings (SSSR count). The zero-order valence-electron chi connectivity index (χ0n) is 13.6. The summed E-state index contributed by atoms with van der Waals surface area (Å²) in [7, 11) is 0. The molecule has 0 aliphatic heterocycles. The lowest BCUT2D eigenvalue weighted by atomic mass is 9.50. The van der Waals surface area contributed by atoms with E-state index in [-0.39, 0.29) is 10.8 Å². The van der Waals surface area contributed by atoms with Crippen LogP contribution in [-0.2, 0) is 16.6 Å². The second-order valence-corrected chi connectivity index (χ2v) is 7.75. The van der Waals surface area contributed by atoms with Crippen molar-refractivity contribution in [1.82, 2.24) is 0 Å². The summed E-state index contributed by atoms with van der Waals surface area (Å²) in [6.07, 6.45) is 3.34. The van der Waals surface area contributed by atoms with Crippen LogP contribution in [-0.4, -0.2) is 10.9 Å². The van der Waals surface area contributed by atoms with E-state index in [1.165, 1.54) is 11.1 Å². The summed E-state index contributed by atoms with van der Waals surface area (Å²) in [4.78, 5) is 12.3. The summed E-state index contributed by atoms with van der Waals surface area (Å²) >= 11 is 0. The van der Waals surface area contributed by atoms with Crippen LogP contribution in [0, 0.1) is 11.3 Å². The first kappa shape index (κ1) is 14.8. The van der Waals surface area contributed by atoms with Crippen LogP contribution in [0.25, 0.3) is 0 Å². The van der Waals surface area contributed by atoms with Crippen molar-refractivity contribution in [3.8, 4) is 0 Å². The molecule has 0 radical (unpaired) electrons. The van der Waals surface area contributed by atoms with E-state index in [9.17, 15) is 9.90 Å². The Labute approximate surface area is 127 Å². The second-order valence-electron chi connectivity index (χ2n) is 7.75. The van der Waals surface area contributed by atoms with Gasteiger partial charge in [-0.05, 0) is 54.2 Å². The van der Waals surface area contributed by atoms with Gasteiger partial charge in [0.15, 0.2) is 0 Å². The van der Waals surface area contributed by atoms with Crippen LogP contribution < -0.4 is 0 Å². The van der Waals surface area contributed by atoms with Crippen molar-refractivity contribution in [1.29, 1.82) is 0 Å². The minimum atomic E-state index is -0.412. The molecule has 2 nitrogen and oxygen atoms in total. The number of Topliss-reactive ketones (excluding diaryl/α,β-unsaturated/α-hetero) is 1. The van der Waals surface area contributed by atoms with Crippen molar-refractivity contribution >= 4 is 5.78 Å². The maximum atomic E-state index is 12.3. The number of hydrogen-bond acceptors (Lipinski definition) is 2. The summed E-state index contributed by atoms with van der Waals surface area (Å²) in [5.74, 6) is 0.852. The number of ketones is 1. The van der Waals surface area contributed by atoms with E-state index in [4.69, 9.17) is 0 Å². The number of aliphatic hydroxyl groups excluding tert-OH is 1. The van der Waals surface area contributed by atoms with Crippen molar-refractivity contribution in [3.63, 3.8) is 0 Å². The number of hydrogen-bond donors (Lipinski definition) is 1. The fourth-order valence-corrected chi connectivity index (χ4v) is 4.80. The molecule has 0 amide bonds. The van der Waals surface area contributed by atoms with Crippen LogP contribution in [0.15, 0.2) is 18.2 Å². The predicted molar refractivity (Wildman–Crippen MR) is 84.3 cm³/mol. The van der Waals surface area contributed by atoms with E-state index < -0.39 is 6.10 Å². The van der Waals surface area contributed by atoms with Crippen LogP contribution in [0.4, 0.5) is 0 Å². The predicted octanol–water partition coefficient (Wildman–Crippen LogP) is 3.95. The highest BCUT2D eigenvalue weighted by atomic mass is 16.3. The van der Waals surface area contributed by atoms with E-state index >= 15 is 0 Å². The Hall–Kier alpha value is -1.15. The van der Waals surface area contributed by atoms with Gasteiger partial charge < -0.3 is 5.11 Å². The molecule has 21 heavy (non-hydrogen) atoms. The highest BCUT2D eigenvalue weighted by Crippen LogP contribution is 2.55. The molecule has 1 aromatic rings. The molecule has 0 unspecified atom stereocenters. The molecule has 1 N–H and O–H groups in total. The summed E-state index contributed by atoms with van der Waals surface area (Å²) in [5, 5.41) is 9.80. The zero-order chi connectivity index (χ0) is 15.4. The largest absolute Gasteiger partial charge is 0.389 e. The van der Waals surface area contributed by atoms with Gasteiger partial charge in [0.2, 0.25) is 0 Å². The molecule has 0 aromatic heterocycles. The molecule has 0 saturated heterocycles. The first-order chi connectivity index (χ1) is 9.76. The lowest BCUT2D eigenvalue weighted by Crippen LogP contribution is -2.52. The van der Waals surface area contributed by atoms with Crippen LogP contribution in [0.2, 0.25) is 0 Å². The topological polar surface area (TPSA) is 37.3 Å². The lowest BCUT2D eigenvalue weighted by molar-refractivity contribution is -0.137. The van der Waals surface area contributed by atoms with Gasteiger partial charge in [0.05, 0.1) is 6.10 Å². The number of aliphatic hydroxyl groups is 1. The Bertz CT molecular complexity index is 585. The molecule has 3 atom stereocenters. The van der Waals surface area contributed by atoms with Gasteiger partial charge in [-0.15, -0.1) is 0 Å². The Kier molecular flexibility index (Phi) is 3.29. The average Bonchev–Trinajstić information content (AvgIpc) is 2.43.